The van der Waals surface area contributed by atoms with Crippen LogP contribution in [0.5, 0.6) is 5.75 Å². The molecule has 0 aliphatic rings. The van der Waals surface area contributed by atoms with E-state index in [2.05, 4.69) is 30.2 Å². The first-order valence-corrected chi connectivity index (χ1v) is 8.25. The first kappa shape index (κ1) is 16.3. The summed E-state index contributed by atoms with van der Waals surface area (Å²) in [6.07, 6.45) is 5.13. The maximum Gasteiger partial charge on any atom is 0.138 e. The van der Waals surface area contributed by atoms with E-state index in [1.807, 2.05) is 31.8 Å². The number of pyridine rings is 1. The Hall–Kier alpha value is -0.740. The average Bonchev–Trinajstić information content (AvgIpc) is 2.37. The lowest BCUT2D eigenvalue weighted by Crippen LogP contribution is -2.23. The molecular formula is C15H26N2OS. The largest absolute Gasteiger partial charge is 0.489 e. The molecule has 0 aliphatic carbocycles. The van der Waals surface area contributed by atoms with E-state index in [0.717, 1.165) is 18.0 Å². The summed E-state index contributed by atoms with van der Waals surface area (Å²) in [5.74, 6) is 3.14. The van der Waals surface area contributed by atoms with E-state index in [1.165, 1.54) is 17.7 Å². The zero-order valence-corrected chi connectivity index (χ0v) is 13.3. The van der Waals surface area contributed by atoms with Crippen molar-refractivity contribution in [3.05, 3.63) is 24.0 Å². The van der Waals surface area contributed by atoms with E-state index in [-0.39, 0.29) is 6.10 Å². The molecule has 4 heteroatoms. The molecule has 0 fully saturated rings. The zero-order chi connectivity index (χ0) is 14.1. The summed E-state index contributed by atoms with van der Waals surface area (Å²) in [7, 11) is 0. The predicted molar refractivity (Wildman–Crippen MR) is 84.0 cm³/mol. The Balaban J connectivity index is 2.71. The van der Waals surface area contributed by atoms with Gasteiger partial charge in [-0.3, -0.25) is 4.98 Å². The minimum absolute atomic E-state index is 0.184. The summed E-state index contributed by atoms with van der Waals surface area (Å²) in [5.41, 5.74) is 1.21. The van der Waals surface area contributed by atoms with Crippen molar-refractivity contribution in [2.24, 2.45) is 0 Å². The van der Waals surface area contributed by atoms with Crippen molar-refractivity contribution in [2.45, 2.75) is 46.3 Å². The summed E-state index contributed by atoms with van der Waals surface area (Å²) in [4.78, 5) is 4.29. The maximum absolute atomic E-state index is 5.71. The second-order valence-corrected chi connectivity index (χ2v) is 5.96. The third-order valence-corrected chi connectivity index (χ3v) is 3.86. The van der Waals surface area contributed by atoms with Crippen molar-refractivity contribution < 1.29 is 4.74 Å². The van der Waals surface area contributed by atoms with Crippen LogP contribution < -0.4 is 10.1 Å². The highest BCUT2D eigenvalue weighted by Crippen LogP contribution is 2.22. The van der Waals surface area contributed by atoms with Crippen LogP contribution in [0, 0.1) is 0 Å². The van der Waals surface area contributed by atoms with Gasteiger partial charge >= 0.3 is 0 Å². The normalized spacial score (nSPS) is 12.7. The summed E-state index contributed by atoms with van der Waals surface area (Å²) >= 11 is 1.98. The molecule has 0 aromatic carbocycles. The molecule has 108 valence electrons. The minimum Gasteiger partial charge on any atom is -0.489 e. The molecule has 0 aliphatic heterocycles. The number of nitrogens with zero attached hydrogens (tertiary/aromatic N) is 1. The lowest BCUT2D eigenvalue weighted by molar-refractivity contribution is 0.241. The first-order valence-electron chi connectivity index (χ1n) is 7.10. The fourth-order valence-corrected chi connectivity index (χ4v) is 2.83. The highest BCUT2D eigenvalue weighted by molar-refractivity contribution is 7.99. The summed E-state index contributed by atoms with van der Waals surface area (Å²) in [6.45, 7) is 9.39. The van der Waals surface area contributed by atoms with Crippen LogP contribution in [0.25, 0.3) is 0 Å². The smallest absolute Gasteiger partial charge is 0.138 e. The second kappa shape index (κ2) is 9.21. The molecule has 1 atom stereocenters. The lowest BCUT2D eigenvalue weighted by Gasteiger charge is -2.19. The van der Waals surface area contributed by atoms with Crippen molar-refractivity contribution in [3.63, 3.8) is 0 Å². The summed E-state index contributed by atoms with van der Waals surface area (Å²) in [6, 6.07) is 2.46. The van der Waals surface area contributed by atoms with Crippen molar-refractivity contribution >= 4 is 11.8 Å². The van der Waals surface area contributed by atoms with Crippen LogP contribution in [0.3, 0.4) is 0 Å². The van der Waals surface area contributed by atoms with Gasteiger partial charge < -0.3 is 10.1 Å². The van der Waals surface area contributed by atoms with Gasteiger partial charge in [-0.15, -0.1) is 0 Å². The van der Waals surface area contributed by atoms with Crippen LogP contribution in [0.4, 0.5) is 0 Å². The van der Waals surface area contributed by atoms with Gasteiger partial charge in [-0.2, -0.15) is 11.8 Å². The zero-order valence-electron chi connectivity index (χ0n) is 12.5. The number of ether oxygens (including phenoxy) is 1. The van der Waals surface area contributed by atoms with E-state index in [4.69, 9.17) is 4.74 Å². The molecule has 0 saturated heterocycles. The standard InChI is InChI=1S/C15H26N2OS/c1-5-7-19-11-15(17-6-2)13-8-14(10-16-9-13)18-12(3)4/h8-10,12,15,17H,5-7,11H2,1-4H3. The molecule has 0 amide bonds. The van der Waals surface area contributed by atoms with Crippen molar-refractivity contribution in [1.29, 1.82) is 0 Å². The molecule has 1 N–H and O–H groups in total. The molecule has 19 heavy (non-hydrogen) atoms. The van der Waals surface area contributed by atoms with Crippen LogP contribution >= 0.6 is 11.8 Å². The Morgan fingerprint density at radius 3 is 2.74 bits per heavy atom. The number of nitrogens with one attached hydrogen (secondary N) is 1. The van der Waals surface area contributed by atoms with E-state index >= 15 is 0 Å². The van der Waals surface area contributed by atoms with Crippen LogP contribution in [-0.4, -0.2) is 29.1 Å². The molecular weight excluding hydrogens is 256 g/mol. The Labute approximate surface area is 121 Å². The summed E-state index contributed by atoms with van der Waals surface area (Å²) in [5, 5.41) is 3.52. The molecule has 0 spiro atoms. The molecule has 0 saturated carbocycles. The van der Waals surface area contributed by atoms with Crippen molar-refractivity contribution in [1.82, 2.24) is 10.3 Å². The van der Waals surface area contributed by atoms with E-state index in [1.54, 1.807) is 6.20 Å². The molecule has 1 heterocycles. The third-order valence-electron chi connectivity index (χ3n) is 2.59. The topological polar surface area (TPSA) is 34.2 Å². The number of hydrogen-bond donors (Lipinski definition) is 1. The van der Waals surface area contributed by atoms with Gasteiger partial charge in [0.2, 0.25) is 0 Å². The van der Waals surface area contributed by atoms with Gasteiger partial charge in [0.1, 0.15) is 5.75 Å². The predicted octanol–water partition coefficient (Wildman–Crippen LogP) is 3.66. The fraction of sp³-hybridized carbons (Fsp3) is 0.667. The van der Waals surface area contributed by atoms with Gasteiger partial charge in [0.05, 0.1) is 12.3 Å². The molecule has 1 rings (SSSR count). The lowest BCUT2D eigenvalue weighted by atomic mass is 10.1. The Kier molecular flexibility index (Phi) is 7.91. The monoisotopic (exact) mass is 282 g/mol. The quantitative estimate of drug-likeness (QED) is 0.701. The third kappa shape index (κ3) is 6.30. The number of rotatable bonds is 9. The van der Waals surface area contributed by atoms with Gasteiger partial charge in [-0.05, 0) is 44.2 Å². The van der Waals surface area contributed by atoms with Gasteiger partial charge in [0.25, 0.3) is 0 Å². The number of aromatic nitrogens is 1. The Morgan fingerprint density at radius 2 is 2.11 bits per heavy atom. The first-order chi connectivity index (χ1) is 9.17. The van der Waals surface area contributed by atoms with Crippen LogP contribution in [0.2, 0.25) is 0 Å². The van der Waals surface area contributed by atoms with Gasteiger partial charge in [0, 0.05) is 18.0 Å². The Bertz CT molecular complexity index is 358. The fourth-order valence-electron chi connectivity index (χ4n) is 1.83. The van der Waals surface area contributed by atoms with E-state index in [0.29, 0.717) is 6.04 Å². The van der Waals surface area contributed by atoms with E-state index in [9.17, 15) is 0 Å². The van der Waals surface area contributed by atoms with Crippen LogP contribution in [0.15, 0.2) is 18.5 Å². The maximum atomic E-state index is 5.71. The minimum atomic E-state index is 0.184. The highest BCUT2D eigenvalue weighted by Gasteiger charge is 2.12. The molecule has 0 radical (unpaired) electrons. The SMILES string of the molecule is CCCSCC(NCC)c1cncc(OC(C)C)c1. The van der Waals surface area contributed by atoms with Gasteiger partial charge in [-0.1, -0.05) is 13.8 Å². The highest BCUT2D eigenvalue weighted by atomic mass is 32.2. The van der Waals surface area contributed by atoms with Crippen molar-refractivity contribution in [2.75, 3.05) is 18.1 Å². The van der Waals surface area contributed by atoms with Crippen LogP contribution in [-0.2, 0) is 0 Å². The van der Waals surface area contributed by atoms with E-state index < -0.39 is 0 Å². The Morgan fingerprint density at radius 1 is 1.32 bits per heavy atom. The van der Waals surface area contributed by atoms with Crippen LogP contribution in [0.1, 0.15) is 45.7 Å². The summed E-state index contributed by atoms with van der Waals surface area (Å²) < 4.78 is 5.71. The molecule has 0 bridgehead atoms. The molecule has 1 unspecified atom stereocenters. The average molecular weight is 282 g/mol. The van der Waals surface area contributed by atoms with Gasteiger partial charge in [-0.25, -0.2) is 0 Å². The number of thioether (sulfide) groups is 1. The van der Waals surface area contributed by atoms with Gasteiger partial charge in [0.15, 0.2) is 0 Å². The number of hydrogen-bond acceptors (Lipinski definition) is 4. The molecule has 1 aromatic rings. The molecule has 3 nitrogen and oxygen atoms in total. The molecule has 1 aromatic heterocycles. The second-order valence-electron chi connectivity index (χ2n) is 4.81. The van der Waals surface area contributed by atoms with Crippen molar-refractivity contribution in [3.8, 4) is 5.75 Å².